The Balaban J connectivity index is 2.18. The van der Waals surface area contributed by atoms with Crippen LogP contribution in [0.2, 0.25) is 0 Å². The third kappa shape index (κ3) is 0.904. The fourth-order valence-electron chi connectivity index (χ4n) is 2.59. The number of rotatable bonds is 1. The fraction of sp³-hybridized carbons (Fsp3) is 0.700. The van der Waals surface area contributed by atoms with Crippen molar-refractivity contribution in [2.24, 2.45) is 23.7 Å². The van der Waals surface area contributed by atoms with Crippen LogP contribution in [0.15, 0.2) is 12.2 Å². The Bertz CT molecular complexity index is 232. The second kappa shape index (κ2) is 2.61. The largest absolute Gasteiger partial charge is 0.469 e. The summed E-state index contributed by atoms with van der Waals surface area (Å²) < 4.78 is 4.78. The van der Waals surface area contributed by atoms with E-state index in [1.54, 1.807) is 0 Å². The van der Waals surface area contributed by atoms with Crippen molar-refractivity contribution in [1.82, 2.24) is 0 Å². The molecule has 2 aliphatic rings. The quantitative estimate of drug-likeness (QED) is 0.437. The lowest BCUT2D eigenvalue weighted by molar-refractivity contribution is -0.147. The first-order chi connectivity index (χ1) is 5.74. The summed E-state index contributed by atoms with van der Waals surface area (Å²) in [5.74, 6) is 1.66. The molecule has 2 nitrogen and oxygen atoms in total. The Morgan fingerprint density at radius 3 is 2.58 bits per heavy atom. The van der Waals surface area contributed by atoms with E-state index in [9.17, 15) is 4.79 Å². The predicted molar refractivity (Wildman–Crippen MR) is 45.4 cm³/mol. The third-order valence-corrected chi connectivity index (χ3v) is 3.33. The topological polar surface area (TPSA) is 26.3 Å². The maximum atomic E-state index is 11.4. The molecule has 0 N–H and O–H groups in total. The van der Waals surface area contributed by atoms with Crippen LogP contribution in [0.5, 0.6) is 0 Å². The van der Waals surface area contributed by atoms with Gasteiger partial charge in [0.25, 0.3) is 0 Å². The first-order valence-electron chi connectivity index (χ1n) is 4.50. The maximum absolute atomic E-state index is 11.4. The van der Waals surface area contributed by atoms with Gasteiger partial charge in [0.1, 0.15) is 0 Å². The van der Waals surface area contributed by atoms with Crippen LogP contribution in [0.1, 0.15) is 13.3 Å². The van der Waals surface area contributed by atoms with Crippen LogP contribution in [-0.4, -0.2) is 13.1 Å². The first-order valence-corrected chi connectivity index (χ1v) is 4.50. The summed E-state index contributed by atoms with van der Waals surface area (Å²) in [6.07, 6.45) is 5.57. The van der Waals surface area contributed by atoms with E-state index < -0.39 is 0 Å². The summed E-state index contributed by atoms with van der Waals surface area (Å²) in [6, 6.07) is 0. The minimum atomic E-state index is -0.0284. The lowest BCUT2D eigenvalue weighted by Crippen LogP contribution is -2.26. The molecule has 2 aliphatic carbocycles. The van der Waals surface area contributed by atoms with Crippen LogP contribution in [0.4, 0.5) is 0 Å². The van der Waals surface area contributed by atoms with Crippen molar-refractivity contribution in [3.63, 3.8) is 0 Å². The minimum absolute atomic E-state index is 0.0284. The highest BCUT2D eigenvalue weighted by Crippen LogP contribution is 2.47. The number of allylic oxidation sites excluding steroid dienone is 2. The molecule has 1 saturated carbocycles. The lowest BCUT2D eigenvalue weighted by atomic mass is 9.84. The Morgan fingerprint density at radius 2 is 2.08 bits per heavy atom. The number of hydrogen-bond donors (Lipinski definition) is 0. The first kappa shape index (κ1) is 7.84. The standard InChI is InChI=1S/C10H14O2/c1-6-7-3-4-8(5-7)9(6)10(11)12-2/h3-4,6-9H,5H2,1-2H3/t6-,7?,8?,9?/m1/s1. The number of hydrogen-bond acceptors (Lipinski definition) is 2. The summed E-state index contributed by atoms with van der Waals surface area (Å²) in [5.41, 5.74) is 0. The minimum Gasteiger partial charge on any atom is -0.469 e. The van der Waals surface area contributed by atoms with E-state index in [0.717, 1.165) is 6.42 Å². The van der Waals surface area contributed by atoms with Crippen LogP contribution in [0.3, 0.4) is 0 Å². The summed E-state index contributed by atoms with van der Waals surface area (Å²) in [4.78, 5) is 11.4. The van der Waals surface area contributed by atoms with Crippen molar-refractivity contribution in [1.29, 1.82) is 0 Å². The molecule has 2 heteroatoms. The van der Waals surface area contributed by atoms with Crippen molar-refractivity contribution >= 4 is 5.97 Å². The second-order valence-electron chi connectivity index (χ2n) is 3.86. The number of ether oxygens (including phenoxy) is 1. The zero-order chi connectivity index (χ0) is 8.72. The molecule has 0 amide bonds. The molecule has 1 fully saturated rings. The van der Waals surface area contributed by atoms with E-state index in [0.29, 0.717) is 17.8 Å². The van der Waals surface area contributed by atoms with Crippen LogP contribution in [0.25, 0.3) is 0 Å². The Kier molecular flexibility index (Phi) is 1.71. The van der Waals surface area contributed by atoms with E-state index in [-0.39, 0.29) is 11.9 Å². The van der Waals surface area contributed by atoms with Gasteiger partial charge in [-0.15, -0.1) is 0 Å². The van der Waals surface area contributed by atoms with Crippen LogP contribution in [0, 0.1) is 23.7 Å². The van der Waals surface area contributed by atoms with Gasteiger partial charge in [0.2, 0.25) is 0 Å². The molecule has 2 bridgehead atoms. The number of esters is 1. The van der Waals surface area contributed by atoms with Crippen molar-refractivity contribution in [2.75, 3.05) is 7.11 Å². The van der Waals surface area contributed by atoms with Gasteiger partial charge >= 0.3 is 5.97 Å². The van der Waals surface area contributed by atoms with Gasteiger partial charge < -0.3 is 4.74 Å². The van der Waals surface area contributed by atoms with Crippen molar-refractivity contribution in [2.45, 2.75) is 13.3 Å². The lowest BCUT2D eigenvalue weighted by Gasteiger charge is -2.21. The molecule has 0 heterocycles. The molecule has 0 aromatic heterocycles. The highest BCUT2D eigenvalue weighted by Gasteiger charge is 2.46. The monoisotopic (exact) mass is 166 g/mol. The van der Waals surface area contributed by atoms with Crippen molar-refractivity contribution in [3.8, 4) is 0 Å². The third-order valence-electron chi connectivity index (χ3n) is 3.33. The normalized spacial score (nSPS) is 43.5. The summed E-state index contributed by atoms with van der Waals surface area (Å²) in [7, 11) is 1.48. The van der Waals surface area contributed by atoms with Crippen molar-refractivity contribution in [3.05, 3.63) is 12.2 Å². The smallest absolute Gasteiger partial charge is 0.309 e. The molecule has 66 valence electrons. The Hall–Kier alpha value is -0.790. The van der Waals surface area contributed by atoms with Crippen LogP contribution < -0.4 is 0 Å². The Labute approximate surface area is 72.6 Å². The second-order valence-corrected chi connectivity index (χ2v) is 3.86. The zero-order valence-electron chi connectivity index (χ0n) is 7.49. The molecule has 0 radical (unpaired) electrons. The average Bonchev–Trinajstić information content (AvgIpc) is 2.63. The summed E-state index contributed by atoms with van der Waals surface area (Å²) in [6.45, 7) is 2.15. The number of carbonyl (C=O) groups excluding carboxylic acids is 1. The molecule has 0 aromatic carbocycles. The van der Waals surface area contributed by atoms with Gasteiger partial charge in [-0.25, -0.2) is 0 Å². The van der Waals surface area contributed by atoms with Gasteiger partial charge in [0.05, 0.1) is 13.0 Å². The number of fused-ring (bicyclic) bond motifs is 2. The van der Waals surface area contributed by atoms with E-state index in [2.05, 4.69) is 19.1 Å². The van der Waals surface area contributed by atoms with E-state index >= 15 is 0 Å². The number of methoxy groups -OCH3 is 1. The van der Waals surface area contributed by atoms with E-state index in [1.165, 1.54) is 7.11 Å². The molecule has 0 aromatic rings. The Morgan fingerprint density at radius 1 is 1.42 bits per heavy atom. The van der Waals surface area contributed by atoms with Crippen molar-refractivity contribution < 1.29 is 9.53 Å². The molecule has 4 atom stereocenters. The molecule has 0 saturated heterocycles. The maximum Gasteiger partial charge on any atom is 0.309 e. The summed E-state index contributed by atoms with van der Waals surface area (Å²) >= 11 is 0. The molecule has 3 unspecified atom stereocenters. The average molecular weight is 166 g/mol. The van der Waals surface area contributed by atoms with Gasteiger partial charge in [-0.05, 0) is 24.2 Å². The molecule has 2 rings (SSSR count). The van der Waals surface area contributed by atoms with E-state index in [1.807, 2.05) is 0 Å². The fourth-order valence-corrected chi connectivity index (χ4v) is 2.59. The molecule has 0 aliphatic heterocycles. The highest BCUT2D eigenvalue weighted by atomic mass is 16.5. The SMILES string of the molecule is COC(=O)C1C2C=CC(C2)[C@H]1C. The van der Waals surface area contributed by atoms with Gasteiger partial charge in [-0.1, -0.05) is 19.1 Å². The van der Waals surface area contributed by atoms with Crippen LogP contribution in [-0.2, 0) is 9.53 Å². The summed E-state index contributed by atoms with van der Waals surface area (Å²) in [5, 5.41) is 0. The molecular formula is C10H14O2. The predicted octanol–water partition coefficient (Wildman–Crippen LogP) is 1.62. The molecular weight excluding hydrogens is 152 g/mol. The molecule has 12 heavy (non-hydrogen) atoms. The number of carbonyl (C=O) groups is 1. The van der Waals surface area contributed by atoms with Gasteiger partial charge in [-0.2, -0.15) is 0 Å². The zero-order valence-corrected chi connectivity index (χ0v) is 7.49. The van der Waals surface area contributed by atoms with E-state index in [4.69, 9.17) is 4.74 Å². The highest BCUT2D eigenvalue weighted by molar-refractivity contribution is 5.74. The van der Waals surface area contributed by atoms with Crippen LogP contribution >= 0.6 is 0 Å². The van der Waals surface area contributed by atoms with Gasteiger partial charge in [0, 0.05) is 0 Å². The molecule has 0 spiro atoms. The van der Waals surface area contributed by atoms with Gasteiger partial charge in [0.15, 0.2) is 0 Å². The van der Waals surface area contributed by atoms with Gasteiger partial charge in [-0.3, -0.25) is 4.79 Å².